The van der Waals surface area contributed by atoms with Crippen molar-refractivity contribution in [3.8, 4) is 11.5 Å². The summed E-state index contributed by atoms with van der Waals surface area (Å²) in [5.41, 5.74) is 0.200. The van der Waals surface area contributed by atoms with Crippen LogP contribution >= 0.6 is 11.8 Å². The van der Waals surface area contributed by atoms with Gasteiger partial charge < -0.3 is 24.7 Å². The van der Waals surface area contributed by atoms with E-state index >= 15 is 0 Å². The van der Waals surface area contributed by atoms with Gasteiger partial charge in [0.15, 0.2) is 22.5 Å². The molecule has 0 aliphatic carbocycles. The highest BCUT2D eigenvalue weighted by Crippen LogP contribution is 2.32. The maximum atomic E-state index is 12.4. The fraction of sp³-hybridized carbons (Fsp3) is 0.474. The summed E-state index contributed by atoms with van der Waals surface area (Å²) in [6, 6.07) is 5.04. The van der Waals surface area contributed by atoms with Crippen LogP contribution in [0.1, 0.15) is 43.9 Å². The van der Waals surface area contributed by atoms with E-state index in [1.54, 1.807) is 18.2 Å². The van der Waals surface area contributed by atoms with Gasteiger partial charge in [0.05, 0.1) is 12.3 Å². The lowest BCUT2D eigenvalue weighted by molar-refractivity contribution is -0.119. The van der Waals surface area contributed by atoms with Crippen LogP contribution < -0.4 is 20.1 Å². The van der Waals surface area contributed by atoms with E-state index in [1.807, 2.05) is 32.3 Å². The zero-order valence-corrected chi connectivity index (χ0v) is 17.8. The fourth-order valence-electron chi connectivity index (χ4n) is 2.76. The Morgan fingerprint density at radius 2 is 1.97 bits per heavy atom. The average Bonchev–Trinajstić information content (AvgIpc) is 3.28. The van der Waals surface area contributed by atoms with Gasteiger partial charge in [-0.25, -0.2) is 0 Å². The van der Waals surface area contributed by atoms with Crippen LogP contribution in [0.3, 0.4) is 0 Å². The van der Waals surface area contributed by atoms with Gasteiger partial charge in [-0.1, -0.05) is 11.8 Å². The molecule has 1 aliphatic rings. The smallest absolute Gasteiger partial charge is 0.251 e. The fourth-order valence-corrected chi connectivity index (χ4v) is 3.58. The monoisotopic (exact) mass is 419 g/mol. The van der Waals surface area contributed by atoms with Crippen molar-refractivity contribution in [3.05, 3.63) is 29.6 Å². The number of thioether (sulfide) groups is 1. The topological polar surface area (TPSA) is 107 Å². The molecule has 0 bridgehead atoms. The second-order valence-corrected chi connectivity index (χ2v) is 8.42. The molecule has 0 radical (unpaired) electrons. The van der Waals surface area contributed by atoms with Crippen LogP contribution in [0.15, 0.2) is 23.4 Å². The molecule has 0 saturated heterocycles. The number of amides is 2. The van der Waals surface area contributed by atoms with E-state index in [0.29, 0.717) is 34.6 Å². The second-order valence-electron chi connectivity index (χ2n) is 7.48. The SMILES string of the molecule is CCn1c(CNC(=O)c2ccc3c(c2)OCO3)nnc1SCC(=O)NC(C)(C)C. The minimum atomic E-state index is -0.278. The first-order valence-electron chi connectivity index (χ1n) is 9.30. The molecule has 156 valence electrons. The normalized spacial score (nSPS) is 12.7. The predicted octanol–water partition coefficient (Wildman–Crippen LogP) is 1.96. The van der Waals surface area contributed by atoms with Crippen LogP contribution in [-0.2, 0) is 17.9 Å². The van der Waals surface area contributed by atoms with Gasteiger partial charge in [-0.2, -0.15) is 0 Å². The zero-order valence-electron chi connectivity index (χ0n) is 16.9. The van der Waals surface area contributed by atoms with E-state index in [1.165, 1.54) is 11.8 Å². The number of rotatable bonds is 7. The number of nitrogens with zero attached hydrogens (tertiary/aromatic N) is 3. The van der Waals surface area contributed by atoms with Gasteiger partial charge in [0.2, 0.25) is 12.7 Å². The Bertz CT molecular complexity index is 906. The maximum absolute atomic E-state index is 12.4. The third kappa shape index (κ3) is 5.41. The first-order chi connectivity index (χ1) is 13.8. The predicted molar refractivity (Wildman–Crippen MR) is 108 cm³/mol. The Kier molecular flexibility index (Phi) is 6.31. The lowest BCUT2D eigenvalue weighted by atomic mass is 10.1. The lowest BCUT2D eigenvalue weighted by Crippen LogP contribution is -2.41. The van der Waals surface area contributed by atoms with Crippen LogP contribution in [0.25, 0.3) is 0 Å². The molecular weight excluding hydrogens is 394 g/mol. The minimum absolute atomic E-state index is 0.0641. The van der Waals surface area contributed by atoms with Gasteiger partial charge in [0.1, 0.15) is 0 Å². The van der Waals surface area contributed by atoms with Gasteiger partial charge in [-0.15, -0.1) is 10.2 Å². The van der Waals surface area contributed by atoms with Gasteiger partial charge in [-0.3, -0.25) is 9.59 Å². The molecule has 2 aromatic rings. The van der Waals surface area contributed by atoms with Crippen molar-refractivity contribution in [1.29, 1.82) is 0 Å². The summed E-state index contributed by atoms with van der Waals surface area (Å²) >= 11 is 1.32. The summed E-state index contributed by atoms with van der Waals surface area (Å²) in [6.45, 7) is 8.79. The Labute approximate surface area is 173 Å². The van der Waals surface area contributed by atoms with Gasteiger partial charge in [0, 0.05) is 17.6 Å². The first-order valence-corrected chi connectivity index (χ1v) is 10.3. The van der Waals surface area contributed by atoms with Crippen molar-refractivity contribution in [3.63, 3.8) is 0 Å². The standard InChI is InChI=1S/C19H25N5O4S/c1-5-24-15(22-23-18(24)29-10-16(25)21-19(2,3)4)9-20-17(26)12-6-7-13-14(8-12)28-11-27-13/h6-8H,5,9-11H2,1-4H3,(H,20,26)(H,21,25). The van der Waals surface area contributed by atoms with Crippen LogP contribution in [0, 0.1) is 0 Å². The summed E-state index contributed by atoms with van der Waals surface area (Å²) < 4.78 is 12.4. The Hall–Kier alpha value is -2.75. The molecule has 0 unspecified atom stereocenters. The number of nitrogens with one attached hydrogen (secondary N) is 2. The number of benzene rings is 1. The highest BCUT2D eigenvalue weighted by atomic mass is 32.2. The molecule has 3 rings (SSSR count). The van der Waals surface area contributed by atoms with Gasteiger partial charge in [-0.05, 0) is 45.9 Å². The molecule has 29 heavy (non-hydrogen) atoms. The molecule has 0 fully saturated rings. The van der Waals surface area contributed by atoms with Crippen molar-refractivity contribution >= 4 is 23.6 Å². The summed E-state index contributed by atoms with van der Waals surface area (Å²) in [4.78, 5) is 24.5. The first kappa shape index (κ1) is 21.0. The third-order valence-electron chi connectivity index (χ3n) is 4.00. The molecule has 2 amide bonds. The van der Waals surface area contributed by atoms with E-state index in [9.17, 15) is 9.59 Å². The number of carbonyl (C=O) groups is 2. The minimum Gasteiger partial charge on any atom is -0.454 e. The van der Waals surface area contributed by atoms with Crippen LogP contribution in [0.5, 0.6) is 11.5 Å². The molecule has 1 aliphatic heterocycles. The summed E-state index contributed by atoms with van der Waals surface area (Å²) in [5.74, 6) is 1.75. The quantitative estimate of drug-likeness (QED) is 0.661. The van der Waals surface area contributed by atoms with Crippen LogP contribution in [0.4, 0.5) is 0 Å². The highest BCUT2D eigenvalue weighted by molar-refractivity contribution is 7.99. The summed E-state index contributed by atoms with van der Waals surface area (Å²) in [5, 5.41) is 14.7. The van der Waals surface area contributed by atoms with Crippen molar-refractivity contribution < 1.29 is 19.1 Å². The molecule has 9 nitrogen and oxygen atoms in total. The molecule has 1 aromatic heterocycles. The molecule has 0 atom stereocenters. The highest BCUT2D eigenvalue weighted by Gasteiger charge is 2.19. The van der Waals surface area contributed by atoms with Crippen LogP contribution in [-0.4, -0.2) is 44.7 Å². The largest absolute Gasteiger partial charge is 0.454 e. The van der Waals surface area contributed by atoms with E-state index < -0.39 is 0 Å². The number of carbonyl (C=O) groups excluding carboxylic acids is 2. The maximum Gasteiger partial charge on any atom is 0.251 e. The number of hydrogen-bond donors (Lipinski definition) is 2. The number of hydrogen-bond acceptors (Lipinski definition) is 7. The lowest BCUT2D eigenvalue weighted by Gasteiger charge is -2.20. The van der Waals surface area contributed by atoms with Crippen molar-refractivity contribution in [1.82, 2.24) is 25.4 Å². The third-order valence-corrected chi connectivity index (χ3v) is 4.97. The molecule has 1 aromatic carbocycles. The molecule has 2 N–H and O–H groups in total. The van der Waals surface area contributed by atoms with E-state index in [-0.39, 0.29) is 36.4 Å². The van der Waals surface area contributed by atoms with E-state index in [2.05, 4.69) is 20.8 Å². The van der Waals surface area contributed by atoms with Crippen molar-refractivity contribution in [2.75, 3.05) is 12.5 Å². The zero-order chi connectivity index (χ0) is 21.0. The number of aromatic nitrogens is 3. The van der Waals surface area contributed by atoms with E-state index in [0.717, 1.165) is 0 Å². The van der Waals surface area contributed by atoms with Crippen molar-refractivity contribution in [2.45, 2.75) is 51.5 Å². The Morgan fingerprint density at radius 3 is 2.69 bits per heavy atom. The number of fused-ring (bicyclic) bond motifs is 1. The summed E-state index contributed by atoms with van der Waals surface area (Å²) in [6.07, 6.45) is 0. The second kappa shape index (κ2) is 8.73. The molecule has 2 heterocycles. The summed E-state index contributed by atoms with van der Waals surface area (Å²) in [7, 11) is 0. The Balaban J connectivity index is 1.58. The average molecular weight is 420 g/mol. The molecular formula is C19H25N5O4S. The van der Waals surface area contributed by atoms with Crippen molar-refractivity contribution in [2.24, 2.45) is 0 Å². The Morgan fingerprint density at radius 1 is 1.21 bits per heavy atom. The van der Waals surface area contributed by atoms with Gasteiger partial charge in [0.25, 0.3) is 5.91 Å². The molecule has 0 spiro atoms. The molecule has 0 saturated carbocycles. The van der Waals surface area contributed by atoms with Crippen LogP contribution in [0.2, 0.25) is 0 Å². The van der Waals surface area contributed by atoms with E-state index in [4.69, 9.17) is 9.47 Å². The number of ether oxygens (including phenoxy) is 2. The van der Waals surface area contributed by atoms with Gasteiger partial charge >= 0.3 is 0 Å². The molecule has 10 heteroatoms.